The molecule has 0 saturated carbocycles. The molecule has 1 fully saturated rings. The Hall–Kier alpha value is -1.56. The predicted molar refractivity (Wildman–Crippen MR) is 90.3 cm³/mol. The fourth-order valence-corrected chi connectivity index (χ4v) is 2.92. The van der Waals surface area contributed by atoms with Crippen molar-refractivity contribution in [2.75, 3.05) is 13.1 Å². The molecule has 2 heterocycles. The SMILES string of the molecule is CCc1nn(C)cc1CNC1CCCN(C(=O)OC(C)(C)C)C1. The Bertz CT molecular complexity index is 533. The summed E-state index contributed by atoms with van der Waals surface area (Å²) in [6.45, 7) is 10.1. The molecule has 0 radical (unpaired) electrons. The summed E-state index contributed by atoms with van der Waals surface area (Å²) in [4.78, 5) is 14.0. The minimum atomic E-state index is -0.441. The number of carbonyl (C=O) groups is 1. The molecule has 130 valence electrons. The van der Waals surface area contributed by atoms with Crippen LogP contribution in [0.2, 0.25) is 0 Å². The van der Waals surface area contributed by atoms with E-state index in [9.17, 15) is 4.79 Å². The predicted octanol–water partition coefficient (Wildman–Crippen LogP) is 2.47. The Morgan fingerprint density at radius 2 is 2.22 bits per heavy atom. The Balaban J connectivity index is 1.87. The number of aryl methyl sites for hydroxylation is 2. The van der Waals surface area contributed by atoms with Gasteiger partial charge in [0.1, 0.15) is 5.60 Å². The van der Waals surface area contributed by atoms with Crippen LogP contribution in [0.25, 0.3) is 0 Å². The zero-order valence-corrected chi connectivity index (χ0v) is 15.1. The number of likely N-dealkylation sites (tertiary alicyclic amines) is 1. The minimum Gasteiger partial charge on any atom is -0.444 e. The molecule has 1 atom stereocenters. The zero-order chi connectivity index (χ0) is 17.0. The number of piperidine rings is 1. The van der Waals surface area contributed by atoms with Crippen LogP contribution in [0.1, 0.15) is 51.8 Å². The van der Waals surface area contributed by atoms with Crippen LogP contribution in [0.4, 0.5) is 4.79 Å². The summed E-state index contributed by atoms with van der Waals surface area (Å²) in [5.41, 5.74) is 1.94. The van der Waals surface area contributed by atoms with E-state index in [1.807, 2.05) is 37.4 Å². The smallest absolute Gasteiger partial charge is 0.410 e. The van der Waals surface area contributed by atoms with Gasteiger partial charge in [-0.15, -0.1) is 0 Å². The molecule has 0 aromatic carbocycles. The van der Waals surface area contributed by atoms with Crippen molar-refractivity contribution in [2.45, 2.75) is 65.1 Å². The molecule has 2 rings (SSSR count). The van der Waals surface area contributed by atoms with Gasteiger partial charge < -0.3 is 15.0 Å². The van der Waals surface area contributed by atoms with Gasteiger partial charge in [-0.05, 0) is 40.0 Å². The highest BCUT2D eigenvalue weighted by Gasteiger charge is 2.27. The van der Waals surface area contributed by atoms with Crippen LogP contribution in [0.15, 0.2) is 6.20 Å². The molecule has 1 saturated heterocycles. The fourth-order valence-electron chi connectivity index (χ4n) is 2.92. The highest BCUT2D eigenvalue weighted by molar-refractivity contribution is 5.68. The largest absolute Gasteiger partial charge is 0.444 e. The van der Waals surface area contributed by atoms with E-state index in [-0.39, 0.29) is 6.09 Å². The van der Waals surface area contributed by atoms with Crippen molar-refractivity contribution in [1.82, 2.24) is 20.0 Å². The molecular weight excluding hydrogens is 292 g/mol. The summed E-state index contributed by atoms with van der Waals surface area (Å²) < 4.78 is 7.34. The van der Waals surface area contributed by atoms with E-state index in [2.05, 4.69) is 23.5 Å². The Morgan fingerprint density at radius 1 is 1.48 bits per heavy atom. The topological polar surface area (TPSA) is 59.4 Å². The van der Waals surface area contributed by atoms with Crippen LogP contribution in [0, 0.1) is 0 Å². The molecule has 6 nitrogen and oxygen atoms in total. The lowest BCUT2D eigenvalue weighted by Gasteiger charge is -2.34. The molecule has 1 aliphatic heterocycles. The number of nitrogens with zero attached hydrogens (tertiary/aromatic N) is 3. The Labute approximate surface area is 139 Å². The van der Waals surface area contributed by atoms with E-state index < -0.39 is 5.60 Å². The number of hydrogen-bond donors (Lipinski definition) is 1. The van der Waals surface area contributed by atoms with Gasteiger partial charge >= 0.3 is 6.09 Å². The number of aromatic nitrogens is 2. The maximum Gasteiger partial charge on any atom is 0.410 e. The van der Waals surface area contributed by atoms with E-state index in [4.69, 9.17) is 4.74 Å². The fraction of sp³-hybridized carbons (Fsp3) is 0.765. The summed E-state index contributed by atoms with van der Waals surface area (Å²) in [5, 5.41) is 8.04. The Kier molecular flexibility index (Phi) is 5.68. The third-order valence-corrected chi connectivity index (χ3v) is 3.98. The van der Waals surface area contributed by atoms with Crippen molar-refractivity contribution >= 4 is 6.09 Å². The maximum absolute atomic E-state index is 12.2. The second-order valence-electron chi connectivity index (χ2n) is 7.27. The second kappa shape index (κ2) is 7.34. The van der Waals surface area contributed by atoms with Gasteiger partial charge in [0.25, 0.3) is 0 Å². The molecule has 0 bridgehead atoms. The van der Waals surface area contributed by atoms with Gasteiger partial charge in [-0.3, -0.25) is 4.68 Å². The minimum absolute atomic E-state index is 0.209. The molecule has 1 N–H and O–H groups in total. The molecule has 0 spiro atoms. The van der Waals surface area contributed by atoms with Crippen molar-refractivity contribution in [3.63, 3.8) is 0 Å². The van der Waals surface area contributed by atoms with E-state index >= 15 is 0 Å². The van der Waals surface area contributed by atoms with Gasteiger partial charge in [-0.2, -0.15) is 5.10 Å². The van der Waals surface area contributed by atoms with Gasteiger partial charge in [0.05, 0.1) is 5.69 Å². The highest BCUT2D eigenvalue weighted by Crippen LogP contribution is 2.16. The summed E-state index contributed by atoms with van der Waals surface area (Å²) in [6.07, 6.45) is 4.89. The number of hydrogen-bond acceptors (Lipinski definition) is 4. The van der Waals surface area contributed by atoms with Crippen LogP contribution >= 0.6 is 0 Å². The van der Waals surface area contributed by atoms with Gasteiger partial charge in [0.15, 0.2) is 0 Å². The van der Waals surface area contributed by atoms with Crippen LogP contribution in [0.3, 0.4) is 0 Å². The maximum atomic E-state index is 12.2. The number of ether oxygens (including phenoxy) is 1. The average molecular weight is 322 g/mol. The quantitative estimate of drug-likeness (QED) is 0.925. The zero-order valence-electron chi connectivity index (χ0n) is 15.1. The van der Waals surface area contributed by atoms with Gasteiger partial charge in [0.2, 0.25) is 0 Å². The first kappa shape index (κ1) is 17.8. The van der Waals surface area contributed by atoms with Crippen LogP contribution in [-0.4, -0.2) is 45.5 Å². The summed E-state index contributed by atoms with van der Waals surface area (Å²) in [6, 6.07) is 0.307. The van der Waals surface area contributed by atoms with E-state index in [0.717, 1.165) is 38.0 Å². The molecule has 6 heteroatoms. The number of carbonyl (C=O) groups excluding carboxylic acids is 1. The first-order valence-electron chi connectivity index (χ1n) is 8.51. The molecule has 0 aliphatic carbocycles. The van der Waals surface area contributed by atoms with Gasteiger partial charge in [0, 0.05) is 44.5 Å². The van der Waals surface area contributed by atoms with Crippen molar-refractivity contribution in [2.24, 2.45) is 7.05 Å². The van der Waals surface area contributed by atoms with Crippen LogP contribution in [-0.2, 0) is 24.8 Å². The van der Waals surface area contributed by atoms with E-state index in [1.165, 1.54) is 5.56 Å². The molecule has 1 amide bonds. The second-order valence-corrected chi connectivity index (χ2v) is 7.27. The first-order chi connectivity index (χ1) is 10.8. The number of rotatable bonds is 4. The van der Waals surface area contributed by atoms with Crippen LogP contribution in [0.5, 0.6) is 0 Å². The normalized spacial score (nSPS) is 19.0. The average Bonchev–Trinajstić information content (AvgIpc) is 2.84. The number of nitrogens with one attached hydrogen (secondary N) is 1. The molecule has 1 aliphatic rings. The summed E-state index contributed by atoms with van der Waals surface area (Å²) in [7, 11) is 1.95. The van der Waals surface area contributed by atoms with Crippen LogP contribution < -0.4 is 5.32 Å². The third kappa shape index (κ3) is 5.23. The molecule has 1 aromatic heterocycles. The highest BCUT2D eigenvalue weighted by atomic mass is 16.6. The van der Waals surface area contributed by atoms with Gasteiger partial charge in [-0.1, -0.05) is 6.92 Å². The lowest BCUT2D eigenvalue weighted by Crippen LogP contribution is -2.49. The standard InChI is InChI=1S/C17H30N4O2/c1-6-15-13(11-20(5)19-15)10-18-14-8-7-9-21(12-14)16(22)23-17(2,3)4/h11,14,18H,6-10,12H2,1-5H3. The molecule has 1 aromatic rings. The van der Waals surface area contributed by atoms with Crippen molar-refractivity contribution in [1.29, 1.82) is 0 Å². The van der Waals surface area contributed by atoms with Gasteiger partial charge in [-0.25, -0.2) is 4.79 Å². The van der Waals surface area contributed by atoms with E-state index in [0.29, 0.717) is 12.6 Å². The first-order valence-corrected chi connectivity index (χ1v) is 8.51. The van der Waals surface area contributed by atoms with Crippen molar-refractivity contribution in [3.8, 4) is 0 Å². The monoisotopic (exact) mass is 322 g/mol. The van der Waals surface area contributed by atoms with Crippen molar-refractivity contribution in [3.05, 3.63) is 17.5 Å². The lowest BCUT2D eigenvalue weighted by atomic mass is 10.1. The molecule has 1 unspecified atom stereocenters. The van der Waals surface area contributed by atoms with E-state index in [1.54, 1.807) is 0 Å². The third-order valence-electron chi connectivity index (χ3n) is 3.98. The Morgan fingerprint density at radius 3 is 2.87 bits per heavy atom. The number of amides is 1. The molecule has 23 heavy (non-hydrogen) atoms. The summed E-state index contributed by atoms with van der Waals surface area (Å²) in [5.74, 6) is 0. The van der Waals surface area contributed by atoms with Crippen molar-refractivity contribution < 1.29 is 9.53 Å². The lowest BCUT2D eigenvalue weighted by molar-refractivity contribution is 0.0187. The summed E-state index contributed by atoms with van der Waals surface area (Å²) >= 11 is 0. The molecular formula is C17H30N4O2.